The summed E-state index contributed by atoms with van der Waals surface area (Å²) < 4.78 is 0. The van der Waals surface area contributed by atoms with Crippen molar-refractivity contribution < 1.29 is 24.6 Å². The summed E-state index contributed by atoms with van der Waals surface area (Å²) in [5.41, 5.74) is 0.259. The Bertz CT molecular complexity index is 246. The molecule has 2 N–H and O–H groups in total. The molecule has 1 unspecified atom stereocenters. The molecule has 0 aliphatic carbocycles. The summed E-state index contributed by atoms with van der Waals surface area (Å²) >= 11 is 0. The first-order valence-corrected chi connectivity index (χ1v) is 3.25. The fourth-order valence-electron chi connectivity index (χ4n) is 0.838. The summed E-state index contributed by atoms with van der Waals surface area (Å²) in [6, 6.07) is 0. The number of carbonyl (C=O) groups is 2. The Labute approximate surface area is 67.4 Å². The standard InChI is InChI=1S/C6H7NO5/c8-5(9)2-3-1-4(6(10)11)12-7-3/h4H,1-2H2,(H,8,9)(H,10,11). The monoisotopic (exact) mass is 173 g/mol. The van der Waals surface area contributed by atoms with E-state index >= 15 is 0 Å². The number of aliphatic carboxylic acids is 2. The second kappa shape index (κ2) is 3.21. The Morgan fingerprint density at radius 3 is 2.67 bits per heavy atom. The average molecular weight is 173 g/mol. The maximum Gasteiger partial charge on any atom is 0.348 e. The minimum absolute atomic E-state index is 0.0572. The predicted octanol–water partition coefficient (Wildman–Crippen LogP) is -0.309. The molecule has 0 amide bonds. The van der Waals surface area contributed by atoms with E-state index in [0.29, 0.717) is 0 Å². The van der Waals surface area contributed by atoms with Gasteiger partial charge in [0.15, 0.2) is 0 Å². The van der Waals surface area contributed by atoms with E-state index < -0.39 is 18.0 Å². The lowest BCUT2D eigenvalue weighted by Crippen LogP contribution is -2.20. The molecule has 1 heterocycles. The van der Waals surface area contributed by atoms with Gasteiger partial charge < -0.3 is 15.1 Å². The molecule has 6 heteroatoms. The van der Waals surface area contributed by atoms with Crippen LogP contribution in [0.25, 0.3) is 0 Å². The number of oxime groups is 1. The lowest BCUT2D eigenvalue weighted by Gasteiger charge is -1.98. The van der Waals surface area contributed by atoms with Crippen molar-refractivity contribution in [2.45, 2.75) is 18.9 Å². The average Bonchev–Trinajstić information content (AvgIpc) is 2.34. The Morgan fingerprint density at radius 1 is 1.58 bits per heavy atom. The zero-order valence-corrected chi connectivity index (χ0v) is 6.06. The highest BCUT2D eigenvalue weighted by Crippen LogP contribution is 2.12. The number of carboxylic acids is 2. The molecule has 1 aliphatic heterocycles. The van der Waals surface area contributed by atoms with Crippen LogP contribution in [0.2, 0.25) is 0 Å². The van der Waals surface area contributed by atoms with Gasteiger partial charge in [0, 0.05) is 6.42 Å². The minimum atomic E-state index is -1.13. The maximum absolute atomic E-state index is 10.3. The molecule has 6 nitrogen and oxygen atoms in total. The molecule has 0 aromatic heterocycles. The summed E-state index contributed by atoms with van der Waals surface area (Å²) in [5, 5.41) is 20.1. The van der Waals surface area contributed by atoms with E-state index in [2.05, 4.69) is 9.99 Å². The van der Waals surface area contributed by atoms with E-state index in [9.17, 15) is 9.59 Å². The first-order chi connectivity index (χ1) is 5.59. The molecule has 0 aromatic carbocycles. The molecule has 0 saturated carbocycles. The van der Waals surface area contributed by atoms with E-state index in [0.717, 1.165) is 0 Å². The number of nitrogens with zero attached hydrogens (tertiary/aromatic N) is 1. The highest BCUT2D eigenvalue weighted by atomic mass is 16.7. The van der Waals surface area contributed by atoms with Gasteiger partial charge in [-0.3, -0.25) is 4.79 Å². The van der Waals surface area contributed by atoms with Crippen molar-refractivity contribution in [3.63, 3.8) is 0 Å². The van der Waals surface area contributed by atoms with Gasteiger partial charge in [0.2, 0.25) is 6.10 Å². The van der Waals surface area contributed by atoms with Crippen molar-refractivity contribution in [3.05, 3.63) is 0 Å². The fourth-order valence-corrected chi connectivity index (χ4v) is 0.838. The number of carboxylic acid groups (broad SMARTS) is 2. The van der Waals surface area contributed by atoms with E-state index in [4.69, 9.17) is 10.2 Å². The molecule has 66 valence electrons. The topological polar surface area (TPSA) is 96.2 Å². The number of rotatable bonds is 3. The maximum atomic E-state index is 10.3. The highest BCUT2D eigenvalue weighted by Gasteiger charge is 2.28. The smallest absolute Gasteiger partial charge is 0.348 e. The van der Waals surface area contributed by atoms with Gasteiger partial charge in [-0.25, -0.2) is 4.79 Å². The normalized spacial score (nSPS) is 21.3. The van der Waals surface area contributed by atoms with Crippen LogP contribution >= 0.6 is 0 Å². The van der Waals surface area contributed by atoms with Crippen molar-refractivity contribution >= 4 is 17.7 Å². The Morgan fingerprint density at radius 2 is 2.25 bits per heavy atom. The third kappa shape index (κ3) is 1.94. The van der Waals surface area contributed by atoms with Crippen LogP contribution in [-0.4, -0.2) is 34.0 Å². The van der Waals surface area contributed by atoms with Crippen LogP contribution in [0.4, 0.5) is 0 Å². The van der Waals surface area contributed by atoms with Crippen LogP contribution in [-0.2, 0) is 14.4 Å². The first kappa shape index (κ1) is 8.51. The van der Waals surface area contributed by atoms with Gasteiger partial charge >= 0.3 is 11.9 Å². The van der Waals surface area contributed by atoms with E-state index in [1.807, 2.05) is 0 Å². The van der Waals surface area contributed by atoms with Crippen LogP contribution in [0.3, 0.4) is 0 Å². The van der Waals surface area contributed by atoms with Gasteiger partial charge in [-0.15, -0.1) is 0 Å². The third-order valence-electron chi connectivity index (χ3n) is 1.36. The van der Waals surface area contributed by atoms with Gasteiger partial charge in [-0.1, -0.05) is 5.16 Å². The van der Waals surface area contributed by atoms with Gasteiger partial charge in [-0.05, 0) is 0 Å². The lowest BCUT2D eigenvalue weighted by molar-refractivity contribution is -0.148. The van der Waals surface area contributed by atoms with Gasteiger partial charge in [0.1, 0.15) is 0 Å². The van der Waals surface area contributed by atoms with Crippen molar-refractivity contribution in [1.82, 2.24) is 0 Å². The van der Waals surface area contributed by atoms with E-state index in [-0.39, 0.29) is 18.6 Å². The van der Waals surface area contributed by atoms with Crippen LogP contribution in [0.1, 0.15) is 12.8 Å². The lowest BCUT2D eigenvalue weighted by atomic mass is 10.1. The van der Waals surface area contributed by atoms with Gasteiger partial charge in [-0.2, -0.15) is 0 Å². The largest absolute Gasteiger partial charge is 0.481 e. The van der Waals surface area contributed by atoms with Crippen molar-refractivity contribution in [2.24, 2.45) is 5.16 Å². The summed E-state index contributed by atoms with van der Waals surface area (Å²) in [4.78, 5) is 24.9. The highest BCUT2D eigenvalue weighted by molar-refractivity contribution is 6.00. The first-order valence-electron chi connectivity index (χ1n) is 3.25. The summed E-state index contributed by atoms with van der Waals surface area (Å²) in [6.45, 7) is 0. The second-order valence-electron chi connectivity index (χ2n) is 2.36. The quantitative estimate of drug-likeness (QED) is 0.610. The molecule has 0 bridgehead atoms. The van der Waals surface area contributed by atoms with Crippen molar-refractivity contribution in [3.8, 4) is 0 Å². The van der Waals surface area contributed by atoms with E-state index in [1.54, 1.807) is 0 Å². The predicted molar refractivity (Wildman–Crippen MR) is 36.8 cm³/mol. The third-order valence-corrected chi connectivity index (χ3v) is 1.36. The molecular formula is C6H7NO5. The zero-order chi connectivity index (χ0) is 9.14. The van der Waals surface area contributed by atoms with Crippen molar-refractivity contribution in [1.29, 1.82) is 0 Å². The van der Waals surface area contributed by atoms with Crippen LogP contribution in [0.15, 0.2) is 5.16 Å². The summed E-state index contributed by atoms with van der Waals surface area (Å²) in [5.74, 6) is -2.16. The molecule has 0 saturated heterocycles. The van der Waals surface area contributed by atoms with Crippen LogP contribution < -0.4 is 0 Å². The van der Waals surface area contributed by atoms with Crippen LogP contribution in [0, 0.1) is 0 Å². The van der Waals surface area contributed by atoms with Gasteiger partial charge in [0.25, 0.3) is 0 Å². The van der Waals surface area contributed by atoms with Crippen LogP contribution in [0.5, 0.6) is 0 Å². The Hall–Kier alpha value is -1.59. The molecule has 0 radical (unpaired) electrons. The molecule has 0 fully saturated rings. The molecule has 1 atom stereocenters. The van der Waals surface area contributed by atoms with Crippen molar-refractivity contribution in [2.75, 3.05) is 0 Å². The molecule has 0 spiro atoms. The summed E-state index contributed by atoms with van der Waals surface area (Å²) in [7, 11) is 0. The minimum Gasteiger partial charge on any atom is -0.481 e. The molecule has 0 aromatic rings. The molecule has 12 heavy (non-hydrogen) atoms. The SMILES string of the molecule is O=C(O)CC1=NOC(C(=O)O)C1. The Balaban J connectivity index is 2.43. The van der Waals surface area contributed by atoms with Gasteiger partial charge in [0.05, 0.1) is 12.1 Å². The van der Waals surface area contributed by atoms with E-state index in [1.165, 1.54) is 0 Å². The Kier molecular flexibility index (Phi) is 2.27. The number of hydrogen-bond donors (Lipinski definition) is 2. The summed E-state index contributed by atoms with van der Waals surface area (Å²) in [6.07, 6.45) is -1.22. The fraction of sp³-hybridized carbons (Fsp3) is 0.500. The zero-order valence-electron chi connectivity index (χ0n) is 6.06. The second-order valence-corrected chi connectivity index (χ2v) is 2.36. The molecular weight excluding hydrogens is 166 g/mol. The molecule has 1 rings (SSSR count). The molecule has 1 aliphatic rings. The number of hydrogen-bond acceptors (Lipinski definition) is 4.